The second-order valence-electron chi connectivity index (χ2n) is 5.90. The first-order chi connectivity index (χ1) is 13.6. The van der Waals surface area contributed by atoms with Gasteiger partial charge in [0.25, 0.3) is 5.89 Å². The Kier molecular flexibility index (Phi) is 4.90. The highest BCUT2D eigenvalue weighted by Gasteiger charge is 2.23. The minimum atomic E-state index is -0.588. The van der Waals surface area contributed by atoms with Crippen molar-refractivity contribution >= 4 is 17.6 Å². The predicted molar refractivity (Wildman–Crippen MR) is 101 cm³/mol. The van der Waals surface area contributed by atoms with E-state index in [0.717, 1.165) is 5.56 Å². The fourth-order valence-corrected chi connectivity index (χ4v) is 2.89. The molecule has 0 aliphatic rings. The Morgan fingerprint density at radius 3 is 2.57 bits per heavy atom. The van der Waals surface area contributed by atoms with Crippen LogP contribution in [-0.2, 0) is 11.3 Å². The van der Waals surface area contributed by atoms with E-state index in [2.05, 4.69) is 15.3 Å². The first-order valence-electron chi connectivity index (χ1n) is 8.40. The Hall–Kier alpha value is -3.45. The van der Waals surface area contributed by atoms with Crippen LogP contribution in [0, 0.1) is 6.92 Å². The molecule has 4 rings (SSSR count). The quantitative estimate of drug-likeness (QED) is 0.452. The van der Waals surface area contributed by atoms with Crippen molar-refractivity contribution in [2.75, 3.05) is 0 Å². The lowest BCUT2D eigenvalue weighted by atomic mass is 10.1. The molecule has 8 heteroatoms. The number of ether oxygens (including phenoxy) is 1. The molecule has 4 aromatic rings. The van der Waals surface area contributed by atoms with Gasteiger partial charge in [-0.3, -0.25) is 0 Å². The van der Waals surface area contributed by atoms with E-state index in [9.17, 15) is 4.79 Å². The summed E-state index contributed by atoms with van der Waals surface area (Å²) in [4.78, 5) is 16.8. The highest BCUT2D eigenvalue weighted by Crippen LogP contribution is 2.27. The molecular formula is C20H14ClN3O4. The minimum absolute atomic E-state index is 0.152. The molecule has 7 nitrogen and oxygen atoms in total. The second-order valence-corrected chi connectivity index (χ2v) is 6.30. The average molecular weight is 396 g/mol. The van der Waals surface area contributed by atoms with E-state index in [1.165, 1.54) is 0 Å². The van der Waals surface area contributed by atoms with E-state index in [-0.39, 0.29) is 18.1 Å². The first kappa shape index (κ1) is 17.9. The molecule has 0 bridgehead atoms. The number of hydrogen-bond donors (Lipinski definition) is 0. The van der Waals surface area contributed by atoms with Crippen molar-refractivity contribution in [3.8, 4) is 22.6 Å². The number of aromatic nitrogens is 3. The standard InChI is InChI=1S/C20H14ClN3O4/c1-12-17(18(23-27-12)13-7-3-2-4-8-13)20(25)26-11-16-22-19(24-28-16)14-9-5-6-10-15(14)21/h2-10H,11H2,1H3. The molecule has 0 fully saturated rings. The van der Waals surface area contributed by atoms with Gasteiger partial charge in [0.15, 0.2) is 6.61 Å². The van der Waals surface area contributed by atoms with Gasteiger partial charge in [0.1, 0.15) is 17.0 Å². The molecule has 0 saturated heterocycles. The predicted octanol–water partition coefficient (Wildman–Crippen LogP) is 4.71. The summed E-state index contributed by atoms with van der Waals surface area (Å²) in [6, 6.07) is 16.4. The summed E-state index contributed by atoms with van der Waals surface area (Å²) in [6.45, 7) is 1.47. The van der Waals surface area contributed by atoms with Gasteiger partial charge in [-0.15, -0.1) is 0 Å². The molecule has 0 aliphatic heterocycles. The van der Waals surface area contributed by atoms with Gasteiger partial charge in [-0.1, -0.05) is 64.4 Å². The number of rotatable bonds is 5. The van der Waals surface area contributed by atoms with E-state index in [4.69, 9.17) is 25.4 Å². The third-order valence-corrected chi connectivity index (χ3v) is 4.35. The number of aryl methyl sites for hydroxylation is 1. The molecule has 140 valence electrons. The van der Waals surface area contributed by atoms with Gasteiger partial charge < -0.3 is 13.8 Å². The number of carbonyl (C=O) groups excluding carboxylic acids is 1. The van der Waals surface area contributed by atoms with E-state index < -0.39 is 5.97 Å². The van der Waals surface area contributed by atoms with E-state index in [1.54, 1.807) is 25.1 Å². The first-order valence-corrected chi connectivity index (χ1v) is 8.77. The van der Waals surface area contributed by atoms with Crippen LogP contribution in [0.1, 0.15) is 22.0 Å². The number of hydrogen-bond acceptors (Lipinski definition) is 7. The highest BCUT2D eigenvalue weighted by molar-refractivity contribution is 6.33. The molecule has 0 N–H and O–H groups in total. The van der Waals surface area contributed by atoms with Crippen LogP contribution < -0.4 is 0 Å². The van der Waals surface area contributed by atoms with Crippen molar-refractivity contribution in [1.29, 1.82) is 0 Å². The molecule has 28 heavy (non-hydrogen) atoms. The van der Waals surface area contributed by atoms with Crippen molar-refractivity contribution in [2.45, 2.75) is 13.5 Å². The summed E-state index contributed by atoms with van der Waals surface area (Å²) in [6.07, 6.45) is 0. The Labute approximate surface area is 164 Å². The smallest absolute Gasteiger partial charge is 0.344 e. The lowest BCUT2D eigenvalue weighted by molar-refractivity contribution is 0.0428. The lowest BCUT2D eigenvalue weighted by Crippen LogP contribution is -2.07. The summed E-state index contributed by atoms with van der Waals surface area (Å²) >= 11 is 6.13. The number of carbonyl (C=O) groups is 1. The maximum atomic E-state index is 12.6. The molecule has 0 radical (unpaired) electrons. The highest BCUT2D eigenvalue weighted by atomic mass is 35.5. The Morgan fingerprint density at radius 1 is 1.04 bits per heavy atom. The number of halogens is 1. The monoisotopic (exact) mass is 395 g/mol. The maximum Gasteiger partial charge on any atom is 0.344 e. The van der Waals surface area contributed by atoms with E-state index in [0.29, 0.717) is 27.9 Å². The van der Waals surface area contributed by atoms with Gasteiger partial charge in [-0.05, 0) is 19.1 Å². The summed E-state index contributed by atoms with van der Waals surface area (Å²) in [7, 11) is 0. The molecule has 0 amide bonds. The van der Waals surface area contributed by atoms with Gasteiger partial charge in [0.2, 0.25) is 5.82 Å². The van der Waals surface area contributed by atoms with E-state index >= 15 is 0 Å². The van der Waals surface area contributed by atoms with Crippen molar-refractivity contribution < 1.29 is 18.6 Å². The van der Waals surface area contributed by atoms with Crippen LogP contribution in [0.3, 0.4) is 0 Å². The zero-order valence-corrected chi connectivity index (χ0v) is 15.5. The SMILES string of the molecule is Cc1onc(-c2ccccc2)c1C(=O)OCc1nc(-c2ccccc2Cl)no1. The maximum absolute atomic E-state index is 12.6. The van der Waals surface area contributed by atoms with Gasteiger partial charge in [-0.2, -0.15) is 4.98 Å². The lowest BCUT2D eigenvalue weighted by Gasteiger charge is -2.03. The van der Waals surface area contributed by atoms with E-state index in [1.807, 2.05) is 36.4 Å². The number of nitrogens with zero attached hydrogens (tertiary/aromatic N) is 3. The normalized spacial score (nSPS) is 10.8. The molecular weight excluding hydrogens is 382 g/mol. The van der Waals surface area contributed by atoms with Crippen molar-refractivity contribution in [1.82, 2.24) is 15.3 Å². The number of esters is 1. The molecule has 0 aliphatic carbocycles. The summed E-state index contributed by atoms with van der Waals surface area (Å²) in [5.41, 5.74) is 2.07. The Morgan fingerprint density at radius 2 is 1.79 bits per heavy atom. The molecule has 0 atom stereocenters. The fraction of sp³-hybridized carbons (Fsp3) is 0.100. The summed E-state index contributed by atoms with van der Waals surface area (Å²) in [5.74, 6) is 0.252. The van der Waals surface area contributed by atoms with Gasteiger partial charge >= 0.3 is 5.97 Å². The zero-order valence-electron chi connectivity index (χ0n) is 14.8. The van der Waals surface area contributed by atoms with Crippen LogP contribution in [0.15, 0.2) is 63.6 Å². The third-order valence-electron chi connectivity index (χ3n) is 4.02. The molecule has 0 saturated carbocycles. The largest absolute Gasteiger partial charge is 0.452 e. The molecule has 0 spiro atoms. The molecule has 2 aromatic heterocycles. The summed E-state index contributed by atoms with van der Waals surface area (Å²) < 4.78 is 15.7. The third kappa shape index (κ3) is 3.52. The van der Waals surface area contributed by atoms with Gasteiger partial charge in [0.05, 0.1) is 5.02 Å². The molecule has 2 aromatic carbocycles. The number of benzene rings is 2. The Bertz CT molecular complexity index is 1120. The van der Waals surface area contributed by atoms with Crippen LogP contribution in [0.25, 0.3) is 22.6 Å². The fourth-order valence-electron chi connectivity index (χ4n) is 2.67. The average Bonchev–Trinajstić information content (AvgIpc) is 3.34. The van der Waals surface area contributed by atoms with Crippen LogP contribution in [0.2, 0.25) is 5.02 Å². The second kappa shape index (κ2) is 7.66. The van der Waals surface area contributed by atoms with Crippen molar-refractivity contribution in [2.24, 2.45) is 0 Å². The van der Waals surface area contributed by atoms with Gasteiger partial charge in [0, 0.05) is 11.1 Å². The van der Waals surface area contributed by atoms with Crippen LogP contribution in [0.4, 0.5) is 0 Å². The van der Waals surface area contributed by atoms with Crippen LogP contribution in [0.5, 0.6) is 0 Å². The topological polar surface area (TPSA) is 91.2 Å². The van der Waals surface area contributed by atoms with Gasteiger partial charge in [-0.25, -0.2) is 4.79 Å². The molecule has 0 unspecified atom stereocenters. The molecule has 2 heterocycles. The minimum Gasteiger partial charge on any atom is -0.452 e. The zero-order chi connectivity index (χ0) is 19.5. The van der Waals surface area contributed by atoms with Crippen LogP contribution in [-0.4, -0.2) is 21.3 Å². The van der Waals surface area contributed by atoms with Crippen LogP contribution >= 0.6 is 11.6 Å². The Balaban J connectivity index is 1.51. The van der Waals surface area contributed by atoms with Crippen molar-refractivity contribution in [3.63, 3.8) is 0 Å². The van der Waals surface area contributed by atoms with Crippen molar-refractivity contribution in [3.05, 3.63) is 76.8 Å². The summed E-state index contributed by atoms with van der Waals surface area (Å²) in [5, 5.41) is 8.35.